The zero-order valence-corrected chi connectivity index (χ0v) is 22.6. The molecular weight excluding hydrogens is 500 g/mol. The normalized spacial score (nSPS) is 18.0. The molecule has 2 aromatic rings. The number of amides is 1. The highest BCUT2D eigenvalue weighted by atomic mass is 35.5. The monoisotopic (exact) mass is 530 g/mol. The SMILES string of the molecule is CC(=O)OCCNC(=O)C1=C(C)C=C(c2ccccc2)CC1(C)NS(=O)(=O)c1cc(C)c(Cl)cc1C. The van der Waals surface area contributed by atoms with Gasteiger partial charge in [0.05, 0.1) is 17.0 Å². The van der Waals surface area contributed by atoms with Gasteiger partial charge in [-0.1, -0.05) is 48.0 Å². The maximum Gasteiger partial charge on any atom is 0.302 e. The number of halogens is 1. The van der Waals surface area contributed by atoms with E-state index in [1.54, 1.807) is 33.8 Å². The predicted octanol–water partition coefficient (Wildman–Crippen LogP) is 4.48. The average molecular weight is 531 g/mol. The van der Waals surface area contributed by atoms with Crippen LogP contribution in [0.5, 0.6) is 0 Å². The number of rotatable bonds is 8. The fourth-order valence-corrected chi connectivity index (χ4v) is 6.40. The van der Waals surface area contributed by atoms with Crippen LogP contribution in [0.25, 0.3) is 5.57 Å². The van der Waals surface area contributed by atoms with Gasteiger partial charge in [0, 0.05) is 17.5 Å². The maximum atomic E-state index is 13.7. The minimum absolute atomic E-state index is 0.0180. The van der Waals surface area contributed by atoms with Crippen LogP contribution in [0.3, 0.4) is 0 Å². The van der Waals surface area contributed by atoms with Crippen molar-refractivity contribution in [1.82, 2.24) is 10.0 Å². The van der Waals surface area contributed by atoms with Gasteiger partial charge in [0.15, 0.2) is 0 Å². The molecule has 0 saturated carbocycles. The first kappa shape index (κ1) is 27.6. The van der Waals surface area contributed by atoms with Crippen LogP contribution in [0.15, 0.2) is 64.6 Å². The Morgan fingerprint density at radius 3 is 2.39 bits per heavy atom. The number of allylic oxidation sites excluding steroid dienone is 2. The number of esters is 1. The van der Waals surface area contributed by atoms with E-state index in [-0.39, 0.29) is 24.5 Å². The van der Waals surface area contributed by atoms with Gasteiger partial charge in [-0.2, -0.15) is 0 Å². The first-order valence-corrected chi connectivity index (χ1v) is 13.4. The van der Waals surface area contributed by atoms with Crippen molar-refractivity contribution >= 4 is 39.1 Å². The number of sulfonamides is 1. The largest absolute Gasteiger partial charge is 0.464 e. The van der Waals surface area contributed by atoms with Crippen molar-refractivity contribution < 1.29 is 22.7 Å². The van der Waals surface area contributed by atoms with E-state index >= 15 is 0 Å². The van der Waals surface area contributed by atoms with Crippen molar-refractivity contribution in [3.05, 3.63) is 81.4 Å². The number of carbonyl (C=O) groups is 2. The maximum absolute atomic E-state index is 13.7. The lowest BCUT2D eigenvalue weighted by molar-refractivity contribution is -0.141. The molecule has 9 heteroatoms. The Balaban J connectivity index is 2.03. The first-order chi connectivity index (χ1) is 16.8. The van der Waals surface area contributed by atoms with E-state index in [2.05, 4.69) is 10.0 Å². The molecule has 0 aliphatic heterocycles. The van der Waals surface area contributed by atoms with Crippen molar-refractivity contribution in [2.45, 2.75) is 51.5 Å². The molecule has 1 atom stereocenters. The van der Waals surface area contributed by atoms with Crippen LogP contribution in [0, 0.1) is 13.8 Å². The Morgan fingerprint density at radius 1 is 1.08 bits per heavy atom. The Bertz CT molecular complexity index is 1350. The quantitative estimate of drug-likeness (QED) is 0.387. The highest BCUT2D eigenvalue weighted by molar-refractivity contribution is 7.89. The van der Waals surface area contributed by atoms with Crippen molar-refractivity contribution in [3.63, 3.8) is 0 Å². The molecule has 1 aliphatic rings. The fraction of sp³-hybridized carbons (Fsp3) is 0.333. The molecule has 1 unspecified atom stereocenters. The number of hydrogen-bond acceptors (Lipinski definition) is 5. The summed E-state index contributed by atoms with van der Waals surface area (Å²) in [4.78, 5) is 24.5. The van der Waals surface area contributed by atoms with Crippen LogP contribution >= 0.6 is 11.6 Å². The molecule has 3 rings (SSSR count). The van der Waals surface area contributed by atoms with Crippen LogP contribution in [-0.2, 0) is 24.3 Å². The Hall–Kier alpha value is -2.94. The molecule has 7 nitrogen and oxygen atoms in total. The highest BCUT2D eigenvalue weighted by Crippen LogP contribution is 2.39. The van der Waals surface area contributed by atoms with Gasteiger partial charge >= 0.3 is 5.97 Å². The van der Waals surface area contributed by atoms with Gasteiger partial charge in [-0.25, -0.2) is 13.1 Å². The molecule has 2 aromatic carbocycles. The fourth-order valence-electron chi connectivity index (χ4n) is 4.49. The first-order valence-electron chi connectivity index (χ1n) is 11.5. The molecule has 0 fully saturated rings. The molecule has 0 aromatic heterocycles. The van der Waals surface area contributed by atoms with Gasteiger partial charge < -0.3 is 10.1 Å². The summed E-state index contributed by atoms with van der Waals surface area (Å²) in [6.45, 7) is 8.33. The average Bonchev–Trinajstić information content (AvgIpc) is 2.78. The minimum Gasteiger partial charge on any atom is -0.464 e. The molecule has 1 aliphatic carbocycles. The lowest BCUT2D eigenvalue weighted by atomic mass is 9.76. The molecule has 2 N–H and O–H groups in total. The van der Waals surface area contributed by atoms with Gasteiger partial charge in [0.2, 0.25) is 15.9 Å². The summed E-state index contributed by atoms with van der Waals surface area (Å²) in [6, 6.07) is 12.8. The van der Waals surface area contributed by atoms with Crippen molar-refractivity contribution in [2.24, 2.45) is 0 Å². The Labute approximate surface area is 217 Å². The summed E-state index contributed by atoms with van der Waals surface area (Å²) < 4.78 is 35.0. The standard InChI is InChI=1S/C27H31ClN2O5S/c1-17-15-24(18(2)14-23(17)28)36(33,34)30-27(5)16-22(21-9-7-6-8-10-21)13-19(3)25(27)26(32)29-11-12-35-20(4)31/h6-10,13-15,30H,11-12,16H2,1-5H3,(H,29,32). The van der Waals surface area contributed by atoms with Gasteiger partial charge in [0.25, 0.3) is 0 Å². The summed E-state index contributed by atoms with van der Waals surface area (Å²) in [7, 11) is -4.04. The van der Waals surface area contributed by atoms with E-state index in [1.807, 2.05) is 36.4 Å². The molecule has 0 saturated heterocycles. The molecule has 0 spiro atoms. The third kappa shape index (κ3) is 6.24. The molecule has 0 radical (unpaired) electrons. The molecular formula is C27H31ClN2O5S. The number of benzene rings is 2. The molecule has 36 heavy (non-hydrogen) atoms. The zero-order chi connectivity index (χ0) is 26.7. The van der Waals surface area contributed by atoms with E-state index in [1.165, 1.54) is 13.0 Å². The molecule has 0 heterocycles. The van der Waals surface area contributed by atoms with Gasteiger partial charge in [-0.15, -0.1) is 0 Å². The highest BCUT2D eigenvalue weighted by Gasteiger charge is 2.42. The van der Waals surface area contributed by atoms with Crippen LogP contribution in [0.4, 0.5) is 0 Å². The van der Waals surface area contributed by atoms with Gasteiger partial charge in [0.1, 0.15) is 6.61 Å². The lowest BCUT2D eigenvalue weighted by Gasteiger charge is -2.37. The molecule has 192 valence electrons. The van der Waals surface area contributed by atoms with Gasteiger partial charge in [-0.3, -0.25) is 9.59 Å². The van der Waals surface area contributed by atoms with Crippen molar-refractivity contribution in [1.29, 1.82) is 0 Å². The van der Waals surface area contributed by atoms with E-state index in [0.717, 1.165) is 11.1 Å². The minimum atomic E-state index is -4.04. The Morgan fingerprint density at radius 2 is 1.75 bits per heavy atom. The molecule has 0 bridgehead atoms. The third-order valence-electron chi connectivity index (χ3n) is 6.05. The van der Waals surface area contributed by atoms with E-state index in [9.17, 15) is 18.0 Å². The van der Waals surface area contributed by atoms with Crippen LogP contribution in [0.2, 0.25) is 5.02 Å². The summed E-state index contributed by atoms with van der Waals surface area (Å²) in [5.74, 6) is -0.879. The van der Waals surface area contributed by atoms with Gasteiger partial charge in [-0.05, 0) is 74.1 Å². The van der Waals surface area contributed by atoms with E-state index < -0.39 is 27.4 Å². The van der Waals surface area contributed by atoms with Crippen LogP contribution in [0.1, 0.15) is 43.9 Å². The summed E-state index contributed by atoms with van der Waals surface area (Å²) in [5, 5.41) is 3.23. The number of ether oxygens (including phenoxy) is 1. The van der Waals surface area contributed by atoms with Crippen LogP contribution < -0.4 is 10.0 Å². The predicted molar refractivity (Wildman–Crippen MR) is 141 cm³/mol. The summed E-state index contributed by atoms with van der Waals surface area (Å²) in [5.41, 5.74) is 2.67. The van der Waals surface area contributed by atoms with E-state index in [4.69, 9.17) is 16.3 Å². The molecule has 1 amide bonds. The smallest absolute Gasteiger partial charge is 0.302 e. The topological polar surface area (TPSA) is 102 Å². The second-order valence-corrected chi connectivity index (χ2v) is 11.2. The number of carbonyl (C=O) groups excluding carboxylic acids is 2. The van der Waals surface area contributed by atoms with E-state index in [0.29, 0.717) is 27.3 Å². The lowest BCUT2D eigenvalue weighted by Crippen LogP contribution is -2.52. The number of aryl methyl sites for hydroxylation is 2. The van der Waals surface area contributed by atoms with Crippen LogP contribution in [-0.4, -0.2) is 39.0 Å². The summed E-state index contributed by atoms with van der Waals surface area (Å²) in [6.07, 6.45) is 2.16. The van der Waals surface area contributed by atoms with Crippen molar-refractivity contribution in [2.75, 3.05) is 13.2 Å². The number of hydrogen-bond donors (Lipinski definition) is 2. The zero-order valence-electron chi connectivity index (χ0n) is 21.1. The Kier molecular flexibility index (Phi) is 8.44. The second-order valence-electron chi connectivity index (χ2n) is 9.17. The summed E-state index contributed by atoms with van der Waals surface area (Å²) >= 11 is 6.19. The van der Waals surface area contributed by atoms with Crippen molar-refractivity contribution in [3.8, 4) is 0 Å². The second kappa shape index (κ2) is 11.0. The third-order valence-corrected chi connectivity index (χ3v) is 8.20. The number of nitrogens with one attached hydrogen (secondary N) is 2.